The number of H-pyrrole nitrogens is 2. The van der Waals surface area contributed by atoms with E-state index in [9.17, 15) is 28.8 Å². The molecule has 1 saturated heterocycles. The van der Waals surface area contributed by atoms with Crippen molar-refractivity contribution in [3.8, 4) is 0 Å². The topological polar surface area (TPSA) is 237 Å². The van der Waals surface area contributed by atoms with E-state index >= 15 is 0 Å². The lowest BCUT2D eigenvalue weighted by atomic mass is 10.0. The third-order valence-electron chi connectivity index (χ3n) is 9.25. The Morgan fingerprint density at radius 3 is 1.88 bits per heavy atom. The van der Waals surface area contributed by atoms with E-state index in [-0.39, 0.29) is 18.9 Å². The van der Waals surface area contributed by atoms with Crippen molar-refractivity contribution in [1.82, 2.24) is 36.1 Å². The van der Waals surface area contributed by atoms with Crippen molar-refractivity contribution in [1.29, 1.82) is 0 Å². The Morgan fingerprint density at radius 2 is 1.34 bits per heavy atom. The molecule has 3 heterocycles. The molecule has 5 aromatic rings. The van der Waals surface area contributed by atoms with Crippen LogP contribution in [0.2, 0.25) is 0 Å². The third-order valence-corrected chi connectivity index (χ3v) is 9.25. The first-order valence-electron chi connectivity index (χ1n) is 19.8. The summed E-state index contributed by atoms with van der Waals surface area (Å²) in [5, 5.41) is 11.8. The van der Waals surface area contributed by atoms with E-state index in [0.717, 1.165) is 23.0 Å². The largest absolute Gasteiger partial charge is 0.368 e. The highest BCUT2D eigenvalue weighted by Gasteiger charge is 2.34. The monoisotopic (exact) mass is 809 g/mol. The zero-order valence-corrected chi connectivity index (χ0v) is 34.4. The molecule has 15 nitrogen and oxygen atoms in total. The Bertz CT molecular complexity index is 2110. The number of para-hydroxylation sites is 2. The number of likely N-dealkylation sites (tertiary alicyclic amines) is 1. The van der Waals surface area contributed by atoms with Crippen LogP contribution in [-0.4, -0.2) is 95.1 Å². The highest BCUT2D eigenvalue weighted by atomic mass is 16.2. The number of unbranched alkanes of at least 4 members (excludes halogenated alkanes) is 1. The lowest BCUT2D eigenvalue weighted by Crippen LogP contribution is -2.54. The summed E-state index contributed by atoms with van der Waals surface area (Å²) >= 11 is 0. The van der Waals surface area contributed by atoms with Crippen LogP contribution in [0.3, 0.4) is 0 Å². The van der Waals surface area contributed by atoms with Crippen molar-refractivity contribution >= 4 is 57.2 Å². The van der Waals surface area contributed by atoms with Crippen molar-refractivity contribution in [2.75, 3.05) is 32.7 Å². The maximum absolute atomic E-state index is 13.2. The quantitative estimate of drug-likeness (QED) is 0.0833. The summed E-state index contributed by atoms with van der Waals surface area (Å²) < 4.78 is 0. The average molecular weight is 810 g/mol. The molecule has 1 aliphatic heterocycles. The number of aryl methyl sites for hydroxylation is 2. The van der Waals surface area contributed by atoms with E-state index in [1.54, 1.807) is 4.90 Å². The Morgan fingerprint density at radius 1 is 0.763 bits per heavy atom. The van der Waals surface area contributed by atoms with Crippen LogP contribution in [0.4, 0.5) is 0 Å². The molecule has 3 aromatic carbocycles. The van der Waals surface area contributed by atoms with Gasteiger partial charge >= 0.3 is 0 Å². The average Bonchev–Trinajstić information content (AvgIpc) is 3.96. The first-order valence-corrected chi connectivity index (χ1v) is 19.8. The maximum Gasteiger partial charge on any atom is 0.243 e. The summed E-state index contributed by atoms with van der Waals surface area (Å²) in [4.78, 5) is 80.1. The molecule has 1 fully saturated rings. The van der Waals surface area contributed by atoms with Crippen LogP contribution >= 0.6 is 0 Å². The molecule has 10 N–H and O–H groups in total. The molecule has 6 rings (SSSR count). The molecule has 0 radical (unpaired) electrons. The summed E-state index contributed by atoms with van der Waals surface area (Å²) in [5.74, 6) is -3.17. The van der Waals surface area contributed by atoms with Gasteiger partial charge in [0.2, 0.25) is 35.4 Å². The number of rotatable bonds is 14. The number of benzene rings is 3. The van der Waals surface area contributed by atoms with Crippen LogP contribution in [0, 0.1) is 13.8 Å². The minimum absolute atomic E-state index is 0.117. The van der Waals surface area contributed by atoms with Gasteiger partial charge in [0.05, 0.1) is 19.6 Å². The minimum Gasteiger partial charge on any atom is -0.368 e. The number of aromatic nitrogens is 2. The van der Waals surface area contributed by atoms with Gasteiger partial charge in [-0.2, -0.15) is 0 Å². The van der Waals surface area contributed by atoms with Gasteiger partial charge in [0.25, 0.3) is 0 Å². The zero-order chi connectivity index (χ0) is 43.2. The van der Waals surface area contributed by atoms with Gasteiger partial charge in [0.1, 0.15) is 12.1 Å². The molecule has 2 atom stereocenters. The van der Waals surface area contributed by atoms with Gasteiger partial charge in [0.15, 0.2) is 0 Å². The number of nitrogens with zero attached hydrogens (tertiary/aromatic N) is 1. The molecule has 316 valence electrons. The Labute approximate surface area is 345 Å². The van der Waals surface area contributed by atoms with Crippen LogP contribution in [-0.2, 0) is 35.2 Å². The number of nitrogens with two attached hydrogens (primary N) is 2. The summed E-state index contributed by atoms with van der Waals surface area (Å²) in [6.07, 6.45) is 7.53. The second kappa shape index (κ2) is 25.0. The first kappa shape index (κ1) is 46.9. The summed E-state index contributed by atoms with van der Waals surface area (Å²) in [5.41, 5.74) is 15.7. The maximum atomic E-state index is 13.2. The van der Waals surface area contributed by atoms with E-state index in [1.165, 1.54) is 41.8 Å². The molecule has 0 spiro atoms. The number of hydrogen-bond donors (Lipinski definition) is 8. The van der Waals surface area contributed by atoms with Gasteiger partial charge in [0, 0.05) is 53.6 Å². The van der Waals surface area contributed by atoms with E-state index < -0.39 is 54.7 Å². The number of fused-ring (bicyclic) bond motifs is 2. The molecule has 59 heavy (non-hydrogen) atoms. The molecule has 2 aromatic heterocycles. The minimum atomic E-state index is -0.984. The number of primary amides is 1. The molecule has 15 heteroatoms. The first-order chi connectivity index (χ1) is 28.3. The normalized spacial score (nSPS) is 12.7. The lowest BCUT2D eigenvalue weighted by molar-refractivity contribution is -0.138. The predicted molar refractivity (Wildman–Crippen MR) is 231 cm³/mol. The van der Waals surface area contributed by atoms with Gasteiger partial charge in [-0.1, -0.05) is 85.6 Å². The molecule has 1 aliphatic rings. The highest BCUT2D eigenvalue weighted by Crippen LogP contribution is 2.23. The number of hydrogen-bond acceptors (Lipinski definition) is 7. The molecular weight excluding hydrogens is 751 g/mol. The Hall–Kier alpha value is -6.48. The van der Waals surface area contributed by atoms with Gasteiger partial charge in [-0.15, -0.1) is 0 Å². The van der Waals surface area contributed by atoms with Crippen LogP contribution in [0.15, 0.2) is 91.3 Å². The van der Waals surface area contributed by atoms with Crippen molar-refractivity contribution in [3.63, 3.8) is 0 Å². The fourth-order valence-corrected chi connectivity index (χ4v) is 5.99. The van der Waals surface area contributed by atoms with Gasteiger partial charge in [-0.25, -0.2) is 0 Å². The molecule has 2 unspecified atom stereocenters. The zero-order valence-electron chi connectivity index (χ0n) is 34.4. The molecule has 6 amide bonds. The Balaban J connectivity index is 0.000000336. The van der Waals surface area contributed by atoms with Gasteiger partial charge in [-0.3, -0.25) is 28.8 Å². The van der Waals surface area contributed by atoms with Crippen molar-refractivity contribution in [2.24, 2.45) is 11.5 Å². The van der Waals surface area contributed by atoms with Gasteiger partial charge in [-0.05, 0) is 63.4 Å². The Kier molecular flexibility index (Phi) is 19.9. The fraction of sp³-hybridized carbons (Fsp3) is 0.364. The number of amides is 6. The number of aromatic amines is 2. The highest BCUT2D eigenvalue weighted by molar-refractivity contribution is 5.95. The SMILES string of the molecule is CC(NC(=O)C(Cc1c[nH]c2ccccc12)N1CCCC1=O)C(=O)NCC(=O)NCC(=O)NCC(N)=O.CCCCN.Cc1c[nH]c2ccccc12.Cc1ccccc1. The summed E-state index contributed by atoms with van der Waals surface area (Å²) in [7, 11) is 0. The van der Waals surface area contributed by atoms with Crippen LogP contribution in [0.5, 0.6) is 0 Å². The lowest BCUT2D eigenvalue weighted by Gasteiger charge is -2.28. The number of carbonyl (C=O) groups is 6. The fourth-order valence-electron chi connectivity index (χ4n) is 5.99. The van der Waals surface area contributed by atoms with Crippen LogP contribution < -0.4 is 32.7 Å². The van der Waals surface area contributed by atoms with E-state index in [4.69, 9.17) is 11.5 Å². The molecule has 0 aliphatic carbocycles. The number of carbonyl (C=O) groups excluding carboxylic acids is 6. The van der Waals surface area contributed by atoms with Crippen LogP contribution in [0.1, 0.15) is 56.2 Å². The van der Waals surface area contributed by atoms with E-state index in [2.05, 4.69) is 82.3 Å². The standard InChI is InChI=1S/C24H31N7O6.C9H9N.C7H8.C4H11N/c1-14(23(36)29-13-21(34)28-12-20(33)27-11-19(25)32)30-24(37)18(31-8-4-7-22(31)35)9-15-10-26-17-6-3-2-5-16(15)17;1-7-6-10-9-5-3-2-4-8(7)9;1-7-5-3-2-4-6-7;1-2-3-4-5/h2-3,5-6,10,14,18,26H,4,7-9,11-13H2,1H3,(H2,25,32)(H,27,33)(H,28,34)(H,29,36)(H,30,37);2-6,10H,1H3;2-6H,1H3;2-5H2,1H3. The smallest absolute Gasteiger partial charge is 0.243 e. The van der Waals surface area contributed by atoms with Crippen molar-refractivity contribution in [2.45, 2.75) is 71.9 Å². The van der Waals surface area contributed by atoms with Crippen LogP contribution in [0.25, 0.3) is 21.8 Å². The molecule has 0 saturated carbocycles. The third kappa shape index (κ3) is 16.1. The number of nitrogens with one attached hydrogen (secondary N) is 6. The van der Waals surface area contributed by atoms with Crippen molar-refractivity contribution < 1.29 is 28.8 Å². The molecular formula is C44H59N9O6. The van der Waals surface area contributed by atoms with Gasteiger partial charge < -0.3 is 47.6 Å². The van der Waals surface area contributed by atoms with E-state index in [0.29, 0.717) is 19.4 Å². The second-order valence-electron chi connectivity index (χ2n) is 14.1. The van der Waals surface area contributed by atoms with Crippen molar-refractivity contribution in [3.05, 3.63) is 108 Å². The van der Waals surface area contributed by atoms with E-state index in [1.807, 2.05) is 60.9 Å². The molecule has 0 bridgehead atoms. The predicted octanol–water partition coefficient (Wildman–Crippen LogP) is 3.26. The summed E-state index contributed by atoms with van der Waals surface area (Å²) in [6, 6.07) is 24.4. The second-order valence-corrected chi connectivity index (χ2v) is 14.1. The summed E-state index contributed by atoms with van der Waals surface area (Å²) in [6.45, 7) is 7.92.